The minimum absolute atomic E-state index is 0.0277. The molecule has 7 nitrogen and oxygen atoms in total. The van der Waals surface area contributed by atoms with Crippen LogP contribution in [0.4, 0.5) is 11.4 Å². The van der Waals surface area contributed by atoms with E-state index < -0.39 is 22.5 Å². The lowest BCUT2D eigenvalue weighted by Gasteiger charge is -2.24. The molecule has 3 rings (SSSR count). The zero-order valence-electron chi connectivity index (χ0n) is 17.8. The van der Waals surface area contributed by atoms with Crippen molar-refractivity contribution in [1.82, 2.24) is 0 Å². The number of benzene rings is 3. The Kier molecular flexibility index (Phi) is 7.42. The number of rotatable bonds is 8. The van der Waals surface area contributed by atoms with Crippen LogP contribution < -0.4 is 19.1 Å². The minimum atomic E-state index is -4.05. The molecule has 0 bridgehead atoms. The molecule has 0 aromatic heterocycles. The van der Waals surface area contributed by atoms with Gasteiger partial charge in [0, 0.05) is 11.8 Å². The quantitative estimate of drug-likeness (QED) is 0.470. The maximum atomic E-state index is 13.5. The molecule has 0 unspecified atom stereocenters. The van der Waals surface area contributed by atoms with Crippen LogP contribution in [0.25, 0.3) is 0 Å². The molecule has 0 fully saturated rings. The molecule has 1 amide bonds. The standard InChI is InChI=1S/C23H23BrN2O5S/c1-16-7-9-18(10-8-16)26(15-23(27)25-17-5-4-6-19(13-17)30-2)32(28,29)20-11-12-22(31-3)21(24)14-20/h4-14H,15H2,1-3H3,(H,25,27). The lowest BCUT2D eigenvalue weighted by Crippen LogP contribution is -2.38. The average molecular weight is 519 g/mol. The van der Waals surface area contributed by atoms with Gasteiger partial charge < -0.3 is 14.8 Å². The van der Waals surface area contributed by atoms with Crippen molar-refractivity contribution in [1.29, 1.82) is 0 Å². The van der Waals surface area contributed by atoms with Crippen molar-refractivity contribution in [2.75, 3.05) is 30.4 Å². The van der Waals surface area contributed by atoms with Crippen LogP contribution in [-0.2, 0) is 14.8 Å². The Morgan fingerprint density at radius 1 is 1.00 bits per heavy atom. The van der Waals surface area contributed by atoms with E-state index in [1.165, 1.54) is 26.4 Å². The van der Waals surface area contributed by atoms with Gasteiger partial charge in [-0.25, -0.2) is 8.42 Å². The van der Waals surface area contributed by atoms with Gasteiger partial charge in [0.2, 0.25) is 5.91 Å². The van der Waals surface area contributed by atoms with Crippen LogP contribution in [0, 0.1) is 6.92 Å². The number of methoxy groups -OCH3 is 2. The van der Waals surface area contributed by atoms with E-state index in [0.29, 0.717) is 27.3 Å². The summed E-state index contributed by atoms with van der Waals surface area (Å²) in [6.45, 7) is 1.49. The zero-order chi connectivity index (χ0) is 23.3. The van der Waals surface area contributed by atoms with E-state index in [2.05, 4.69) is 21.2 Å². The van der Waals surface area contributed by atoms with Crippen LogP contribution in [0.2, 0.25) is 0 Å². The topological polar surface area (TPSA) is 84.9 Å². The molecule has 3 aromatic carbocycles. The number of aryl methyl sites for hydroxylation is 1. The van der Waals surface area contributed by atoms with Crippen molar-refractivity contribution >= 4 is 43.2 Å². The van der Waals surface area contributed by atoms with Gasteiger partial charge >= 0.3 is 0 Å². The summed E-state index contributed by atoms with van der Waals surface area (Å²) in [4.78, 5) is 12.8. The van der Waals surface area contributed by atoms with Crippen molar-refractivity contribution in [2.24, 2.45) is 0 Å². The summed E-state index contributed by atoms with van der Waals surface area (Å²) in [7, 11) is -1.03. The van der Waals surface area contributed by atoms with Crippen molar-refractivity contribution in [2.45, 2.75) is 11.8 Å². The second-order valence-corrected chi connectivity index (χ2v) is 9.64. The molecule has 0 aliphatic heterocycles. The maximum Gasteiger partial charge on any atom is 0.264 e. The van der Waals surface area contributed by atoms with Crippen LogP contribution in [-0.4, -0.2) is 35.1 Å². The van der Waals surface area contributed by atoms with Crippen molar-refractivity contribution in [3.63, 3.8) is 0 Å². The van der Waals surface area contributed by atoms with Crippen molar-refractivity contribution < 1.29 is 22.7 Å². The average Bonchev–Trinajstić information content (AvgIpc) is 2.78. The molecule has 32 heavy (non-hydrogen) atoms. The molecule has 0 saturated heterocycles. The summed E-state index contributed by atoms with van der Waals surface area (Å²) in [6.07, 6.45) is 0. The number of carbonyl (C=O) groups is 1. The Hall–Kier alpha value is -3.04. The first-order chi connectivity index (χ1) is 15.2. The van der Waals surface area contributed by atoms with E-state index in [1.54, 1.807) is 54.6 Å². The highest BCUT2D eigenvalue weighted by atomic mass is 79.9. The third kappa shape index (κ3) is 5.41. The summed E-state index contributed by atoms with van der Waals surface area (Å²) >= 11 is 3.32. The number of carbonyl (C=O) groups excluding carboxylic acids is 1. The normalized spacial score (nSPS) is 11.0. The molecule has 0 spiro atoms. The molecule has 9 heteroatoms. The number of nitrogens with one attached hydrogen (secondary N) is 1. The number of hydrogen-bond donors (Lipinski definition) is 1. The Balaban J connectivity index is 1.95. The number of sulfonamides is 1. The van der Waals surface area contributed by atoms with Gasteiger partial charge in [-0.1, -0.05) is 23.8 Å². The molecule has 0 atom stereocenters. The van der Waals surface area contributed by atoms with Crippen LogP contribution in [0.5, 0.6) is 11.5 Å². The maximum absolute atomic E-state index is 13.5. The number of halogens is 1. The highest BCUT2D eigenvalue weighted by Crippen LogP contribution is 2.31. The summed E-state index contributed by atoms with van der Waals surface area (Å²) in [5.74, 6) is 0.588. The lowest BCUT2D eigenvalue weighted by molar-refractivity contribution is -0.114. The zero-order valence-corrected chi connectivity index (χ0v) is 20.2. The van der Waals surface area contributed by atoms with E-state index >= 15 is 0 Å². The molecule has 0 aliphatic rings. The SMILES string of the molecule is COc1cccc(NC(=O)CN(c2ccc(C)cc2)S(=O)(=O)c2ccc(OC)c(Br)c2)c1. The first-order valence-electron chi connectivity index (χ1n) is 9.61. The highest BCUT2D eigenvalue weighted by Gasteiger charge is 2.28. The van der Waals surface area contributed by atoms with Gasteiger partial charge in [0.05, 0.1) is 29.3 Å². The molecule has 0 heterocycles. The summed E-state index contributed by atoms with van der Waals surface area (Å²) in [5.41, 5.74) is 1.85. The molecule has 0 radical (unpaired) electrons. The Morgan fingerprint density at radius 3 is 2.34 bits per heavy atom. The van der Waals surface area contributed by atoms with Crippen LogP contribution >= 0.6 is 15.9 Å². The van der Waals surface area contributed by atoms with Gasteiger partial charge in [-0.15, -0.1) is 0 Å². The van der Waals surface area contributed by atoms with E-state index in [4.69, 9.17) is 9.47 Å². The molecule has 1 N–H and O–H groups in total. The fourth-order valence-electron chi connectivity index (χ4n) is 2.99. The first-order valence-corrected chi connectivity index (χ1v) is 11.8. The first kappa shape index (κ1) is 23.6. The largest absolute Gasteiger partial charge is 0.497 e. The Bertz CT molecular complexity index is 1210. The van der Waals surface area contributed by atoms with Crippen LogP contribution in [0.1, 0.15) is 5.56 Å². The van der Waals surface area contributed by atoms with E-state index in [1.807, 2.05) is 6.92 Å². The monoisotopic (exact) mass is 518 g/mol. The predicted molar refractivity (Wildman–Crippen MR) is 128 cm³/mol. The van der Waals surface area contributed by atoms with E-state index in [0.717, 1.165) is 9.87 Å². The number of hydrogen-bond acceptors (Lipinski definition) is 5. The number of ether oxygens (including phenoxy) is 2. The van der Waals surface area contributed by atoms with Gasteiger partial charge in [-0.2, -0.15) is 0 Å². The van der Waals surface area contributed by atoms with Gasteiger partial charge in [0.25, 0.3) is 10.0 Å². The number of nitrogens with zero attached hydrogens (tertiary/aromatic N) is 1. The van der Waals surface area contributed by atoms with Crippen LogP contribution in [0.15, 0.2) is 76.1 Å². The van der Waals surface area contributed by atoms with Crippen molar-refractivity contribution in [3.05, 3.63) is 76.8 Å². The summed E-state index contributed by atoms with van der Waals surface area (Å²) in [5, 5.41) is 2.73. The third-order valence-corrected chi connectivity index (χ3v) is 7.06. The Labute approximate surface area is 196 Å². The third-order valence-electron chi connectivity index (χ3n) is 4.67. The predicted octanol–water partition coefficient (Wildman–Crippen LogP) is 4.61. The molecular weight excluding hydrogens is 496 g/mol. The van der Waals surface area contributed by atoms with Gasteiger partial charge in [-0.3, -0.25) is 9.10 Å². The van der Waals surface area contributed by atoms with E-state index in [-0.39, 0.29) is 4.90 Å². The molecule has 0 saturated carbocycles. The Morgan fingerprint density at radius 2 is 1.72 bits per heavy atom. The molecule has 168 valence electrons. The van der Waals surface area contributed by atoms with E-state index in [9.17, 15) is 13.2 Å². The smallest absolute Gasteiger partial charge is 0.264 e. The number of amides is 1. The van der Waals surface area contributed by atoms with Gasteiger partial charge in [0.15, 0.2) is 0 Å². The second-order valence-electron chi connectivity index (χ2n) is 6.92. The number of anilines is 2. The molecule has 0 aliphatic carbocycles. The summed E-state index contributed by atoms with van der Waals surface area (Å²) in [6, 6.07) is 18.2. The van der Waals surface area contributed by atoms with Gasteiger partial charge in [0.1, 0.15) is 18.0 Å². The fraction of sp³-hybridized carbons (Fsp3) is 0.174. The minimum Gasteiger partial charge on any atom is -0.497 e. The highest BCUT2D eigenvalue weighted by molar-refractivity contribution is 9.10. The fourth-order valence-corrected chi connectivity index (χ4v) is 5.13. The molecular formula is C23H23BrN2O5S. The van der Waals surface area contributed by atoms with Crippen LogP contribution in [0.3, 0.4) is 0 Å². The molecule has 3 aromatic rings. The lowest BCUT2D eigenvalue weighted by atomic mass is 10.2. The van der Waals surface area contributed by atoms with Crippen molar-refractivity contribution in [3.8, 4) is 11.5 Å². The summed E-state index contributed by atoms with van der Waals surface area (Å²) < 4.78 is 39.0. The van der Waals surface area contributed by atoms with Gasteiger partial charge in [-0.05, 0) is 65.3 Å². The second kappa shape index (κ2) is 10.1.